The van der Waals surface area contributed by atoms with Crippen molar-refractivity contribution in [2.75, 3.05) is 17.2 Å². The van der Waals surface area contributed by atoms with Crippen LogP contribution >= 0.6 is 0 Å². The molecular weight excluding hydrogens is 228 g/mol. The monoisotopic (exact) mass is 242 g/mol. The molecule has 1 aliphatic rings. The van der Waals surface area contributed by atoms with Crippen LogP contribution in [0.25, 0.3) is 0 Å². The molecule has 3 N–H and O–H groups in total. The van der Waals surface area contributed by atoms with Crippen molar-refractivity contribution in [3.8, 4) is 0 Å². The van der Waals surface area contributed by atoms with Gasteiger partial charge in [-0.05, 0) is 36.6 Å². The summed E-state index contributed by atoms with van der Waals surface area (Å²) >= 11 is 0. The Labute approximate surface area is 104 Å². The highest BCUT2D eigenvalue weighted by molar-refractivity contribution is 5.64. The van der Waals surface area contributed by atoms with Crippen LogP contribution in [0, 0.1) is 0 Å². The third-order valence-electron chi connectivity index (χ3n) is 3.01. The van der Waals surface area contributed by atoms with Crippen LogP contribution < -0.4 is 16.2 Å². The summed E-state index contributed by atoms with van der Waals surface area (Å²) in [5.41, 5.74) is 3.13. The van der Waals surface area contributed by atoms with Crippen LogP contribution in [0.15, 0.2) is 35.4 Å². The molecule has 0 fully saturated rings. The largest absolute Gasteiger partial charge is 0.385 e. The van der Waals surface area contributed by atoms with E-state index in [-0.39, 0.29) is 5.56 Å². The van der Waals surface area contributed by atoms with Crippen LogP contribution in [0.1, 0.15) is 12.0 Å². The number of nitrogens with one attached hydrogen (secondary N) is 3. The summed E-state index contributed by atoms with van der Waals surface area (Å²) in [5.74, 6) is 0.321. The van der Waals surface area contributed by atoms with Crippen LogP contribution in [0.5, 0.6) is 0 Å². The molecule has 0 atom stereocenters. The van der Waals surface area contributed by atoms with Crippen molar-refractivity contribution in [2.24, 2.45) is 0 Å². The SMILES string of the molecule is O=c1[nH]ccnc1Nc1ccc2c(c1)CCCN2. The maximum atomic E-state index is 11.5. The molecule has 5 heteroatoms. The van der Waals surface area contributed by atoms with Crippen LogP contribution in [-0.2, 0) is 6.42 Å². The lowest BCUT2D eigenvalue weighted by molar-refractivity contribution is 0.830. The quantitative estimate of drug-likeness (QED) is 0.752. The second kappa shape index (κ2) is 4.52. The molecule has 0 bridgehead atoms. The normalized spacial score (nSPS) is 13.6. The summed E-state index contributed by atoms with van der Waals surface area (Å²) in [6, 6.07) is 6.05. The number of hydrogen-bond acceptors (Lipinski definition) is 4. The summed E-state index contributed by atoms with van der Waals surface area (Å²) in [6.07, 6.45) is 5.28. The van der Waals surface area contributed by atoms with E-state index in [4.69, 9.17) is 0 Å². The molecule has 18 heavy (non-hydrogen) atoms. The molecule has 0 saturated carbocycles. The number of benzene rings is 1. The standard InChI is InChI=1S/C13H14N4O/c18-13-12(15-6-7-16-13)17-10-3-4-11-9(8-10)2-1-5-14-11/h3-4,6-8,14H,1-2,5H2,(H,15,17)(H,16,18). The lowest BCUT2D eigenvalue weighted by Gasteiger charge is -2.18. The number of H-pyrrole nitrogens is 1. The van der Waals surface area contributed by atoms with Crippen molar-refractivity contribution in [1.29, 1.82) is 0 Å². The topological polar surface area (TPSA) is 69.8 Å². The van der Waals surface area contributed by atoms with Crippen molar-refractivity contribution < 1.29 is 0 Å². The zero-order valence-electron chi connectivity index (χ0n) is 9.86. The number of rotatable bonds is 2. The van der Waals surface area contributed by atoms with Gasteiger partial charge in [-0.15, -0.1) is 0 Å². The molecule has 2 aromatic rings. The van der Waals surface area contributed by atoms with E-state index in [1.807, 2.05) is 12.1 Å². The van der Waals surface area contributed by atoms with E-state index in [0.29, 0.717) is 5.82 Å². The van der Waals surface area contributed by atoms with Gasteiger partial charge in [0, 0.05) is 30.3 Å². The van der Waals surface area contributed by atoms with Gasteiger partial charge >= 0.3 is 0 Å². The lowest BCUT2D eigenvalue weighted by atomic mass is 10.0. The van der Waals surface area contributed by atoms with Crippen molar-refractivity contribution in [1.82, 2.24) is 9.97 Å². The van der Waals surface area contributed by atoms with E-state index in [0.717, 1.165) is 25.1 Å². The molecule has 0 aliphatic carbocycles. The predicted octanol–water partition coefficient (Wildman–Crippen LogP) is 1.87. The fourth-order valence-corrected chi connectivity index (χ4v) is 2.13. The Hall–Kier alpha value is -2.30. The molecular formula is C13H14N4O. The van der Waals surface area contributed by atoms with Gasteiger partial charge in [-0.25, -0.2) is 4.98 Å². The molecule has 0 spiro atoms. The summed E-state index contributed by atoms with van der Waals surface area (Å²) < 4.78 is 0. The minimum atomic E-state index is -0.214. The van der Waals surface area contributed by atoms with Crippen LogP contribution in [0.2, 0.25) is 0 Å². The van der Waals surface area contributed by atoms with Gasteiger partial charge < -0.3 is 15.6 Å². The Kier molecular flexibility index (Phi) is 2.72. The van der Waals surface area contributed by atoms with Crippen molar-refractivity contribution in [3.63, 3.8) is 0 Å². The average molecular weight is 242 g/mol. The summed E-state index contributed by atoms with van der Waals surface area (Å²) in [4.78, 5) is 18.1. The second-order valence-electron chi connectivity index (χ2n) is 4.29. The van der Waals surface area contributed by atoms with E-state index < -0.39 is 0 Å². The Morgan fingerprint density at radius 1 is 1.33 bits per heavy atom. The average Bonchev–Trinajstić information content (AvgIpc) is 2.41. The first-order chi connectivity index (χ1) is 8.83. The highest BCUT2D eigenvalue weighted by atomic mass is 16.1. The molecule has 0 amide bonds. The molecule has 1 aromatic heterocycles. The third-order valence-corrected chi connectivity index (χ3v) is 3.01. The highest BCUT2D eigenvalue weighted by Crippen LogP contribution is 2.25. The van der Waals surface area contributed by atoms with Crippen LogP contribution in [0.3, 0.4) is 0 Å². The minimum Gasteiger partial charge on any atom is -0.385 e. The van der Waals surface area contributed by atoms with Gasteiger partial charge in [-0.2, -0.15) is 0 Å². The predicted molar refractivity (Wildman–Crippen MR) is 71.4 cm³/mol. The first kappa shape index (κ1) is 10.8. The number of nitrogens with zero attached hydrogens (tertiary/aromatic N) is 1. The van der Waals surface area contributed by atoms with Gasteiger partial charge in [0.15, 0.2) is 5.82 Å². The fraction of sp³-hybridized carbons (Fsp3) is 0.231. The maximum absolute atomic E-state index is 11.5. The Bertz CT molecular complexity index is 620. The van der Waals surface area contributed by atoms with Gasteiger partial charge in [-0.3, -0.25) is 4.79 Å². The molecule has 0 saturated heterocycles. The number of anilines is 3. The molecule has 2 heterocycles. The van der Waals surface area contributed by atoms with Crippen molar-refractivity contribution in [2.45, 2.75) is 12.8 Å². The highest BCUT2D eigenvalue weighted by Gasteiger charge is 2.09. The zero-order valence-corrected chi connectivity index (χ0v) is 9.86. The maximum Gasteiger partial charge on any atom is 0.291 e. The number of aromatic nitrogens is 2. The molecule has 3 rings (SSSR count). The fourth-order valence-electron chi connectivity index (χ4n) is 2.13. The molecule has 1 aromatic carbocycles. The first-order valence-corrected chi connectivity index (χ1v) is 6.00. The lowest BCUT2D eigenvalue weighted by Crippen LogP contribution is -2.14. The van der Waals surface area contributed by atoms with Gasteiger partial charge in [0.05, 0.1) is 0 Å². The smallest absolute Gasteiger partial charge is 0.291 e. The number of fused-ring (bicyclic) bond motifs is 1. The first-order valence-electron chi connectivity index (χ1n) is 6.00. The molecule has 5 nitrogen and oxygen atoms in total. The third kappa shape index (κ3) is 2.07. The number of hydrogen-bond donors (Lipinski definition) is 3. The molecule has 0 radical (unpaired) electrons. The van der Waals surface area contributed by atoms with E-state index in [1.54, 1.807) is 6.20 Å². The molecule has 0 unspecified atom stereocenters. The van der Waals surface area contributed by atoms with Gasteiger partial charge in [0.25, 0.3) is 5.56 Å². The van der Waals surface area contributed by atoms with Crippen molar-refractivity contribution >= 4 is 17.2 Å². The van der Waals surface area contributed by atoms with Gasteiger partial charge in [-0.1, -0.05) is 0 Å². The van der Waals surface area contributed by atoms with Crippen LogP contribution in [-0.4, -0.2) is 16.5 Å². The number of aryl methyl sites for hydroxylation is 1. The number of aromatic amines is 1. The molecule has 92 valence electrons. The van der Waals surface area contributed by atoms with Crippen LogP contribution in [0.4, 0.5) is 17.2 Å². The van der Waals surface area contributed by atoms with E-state index >= 15 is 0 Å². The summed E-state index contributed by atoms with van der Waals surface area (Å²) in [5, 5.41) is 6.39. The van der Waals surface area contributed by atoms with Gasteiger partial charge in [0.2, 0.25) is 0 Å². The van der Waals surface area contributed by atoms with E-state index in [2.05, 4.69) is 26.7 Å². The molecule has 1 aliphatic heterocycles. The van der Waals surface area contributed by atoms with Gasteiger partial charge in [0.1, 0.15) is 0 Å². The summed E-state index contributed by atoms with van der Waals surface area (Å²) in [7, 11) is 0. The Morgan fingerprint density at radius 2 is 2.28 bits per heavy atom. The second-order valence-corrected chi connectivity index (χ2v) is 4.29. The zero-order chi connectivity index (χ0) is 12.4. The van der Waals surface area contributed by atoms with Crippen molar-refractivity contribution in [3.05, 3.63) is 46.5 Å². The van der Waals surface area contributed by atoms with E-state index in [9.17, 15) is 4.79 Å². The summed E-state index contributed by atoms with van der Waals surface area (Å²) in [6.45, 7) is 1.03. The Morgan fingerprint density at radius 3 is 3.17 bits per heavy atom. The van der Waals surface area contributed by atoms with E-state index in [1.165, 1.54) is 17.4 Å². The minimum absolute atomic E-state index is 0.214. The Balaban J connectivity index is 1.90.